The smallest absolute Gasteiger partial charge is 0.132 e. The predicted molar refractivity (Wildman–Crippen MR) is 63.8 cm³/mol. The Kier molecular flexibility index (Phi) is 3.50. The molecular weight excluding hydrogens is 188 g/mol. The summed E-state index contributed by atoms with van der Waals surface area (Å²) in [5.41, 5.74) is 5.75. The van der Waals surface area contributed by atoms with Gasteiger partial charge in [0.2, 0.25) is 0 Å². The lowest BCUT2D eigenvalue weighted by molar-refractivity contribution is 0.476. The molecule has 0 aliphatic heterocycles. The Bertz CT molecular complexity index is 311. The summed E-state index contributed by atoms with van der Waals surface area (Å²) in [6.45, 7) is 8.35. The van der Waals surface area contributed by atoms with Gasteiger partial charge in [0.05, 0.1) is 0 Å². The molecule has 15 heavy (non-hydrogen) atoms. The third kappa shape index (κ3) is 3.08. The summed E-state index contributed by atoms with van der Waals surface area (Å²) in [5, 5.41) is 3.41. The van der Waals surface area contributed by atoms with Crippen molar-refractivity contribution in [3.8, 4) is 0 Å². The van der Waals surface area contributed by atoms with E-state index in [0.29, 0.717) is 11.6 Å². The van der Waals surface area contributed by atoms with E-state index in [2.05, 4.69) is 36.1 Å². The van der Waals surface area contributed by atoms with Crippen LogP contribution in [-0.2, 0) is 0 Å². The summed E-state index contributed by atoms with van der Waals surface area (Å²) in [7, 11) is 0. The molecule has 0 bridgehead atoms. The first-order valence-corrected chi connectivity index (χ1v) is 5.38. The van der Waals surface area contributed by atoms with Crippen LogP contribution in [0.15, 0.2) is 6.07 Å². The minimum Gasteiger partial charge on any atom is -0.384 e. The van der Waals surface area contributed by atoms with E-state index in [1.165, 1.54) is 0 Å². The van der Waals surface area contributed by atoms with E-state index >= 15 is 0 Å². The van der Waals surface area contributed by atoms with Crippen molar-refractivity contribution in [1.82, 2.24) is 9.97 Å². The van der Waals surface area contributed by atoms with Crippen molar-refractivity contribution in [1.29, 1.82) is 0 Å². The van der Waals surface area contributed by atoms with Crippen LogP contribution in [0.3, 0.4) is 0 Å². The second-order valence-electron chi connectivity index (χ2n) is 4.12. The number of hydrogen-bond acceptors (Lipinski definition) is 4. The molecule has 84 valence electrons. The number of nitrogens with zero attached hydrogens (tertiary/aromatic N) is 2. The maximum atomic E-state index is 5.67. The molecule has 0 aromatic carbocycles. The first-order valence-electron chi connectivity index (χ1n) is 5.38. The molecule has 0 aliphatic carbocycles. The first kappa shape index (κ1) is 11.8. The lowest BCUT2D eigenvalue weighted by Gasteiger charge is -2.28. The molecule has 1 heterocycles. The average molecular weight is 208 g/mol. The largest absolute Gasteiger partial charge is 0.384 e. The Balaban J connectivity index is 2.88. The standard InChI is InChI=1S/C11H20N4/c1-5-11(4,6-2)15-10-7-9(12)13-8(3)14-10/h7H,5-6H2,1-4H3,(H3,12,13,14,15). The maximum absolute atomic E-state index is 5.67. The molecular formula is C11H20N4. The molecule has 4 heteroatoms. The highest BCUT2D eigenvalue weighted by Crippen LogP contribution is 2.20. The van der Waals surface area contributed by atoms with Crippen molar-refractivity contribution >= 4 is 11.6 Å². The van der Waals surface area contributed by atoms with Crippen molar-refractivity contribution in [2.75, 3.05) is 11.1 Å². The highest BCUT2D eigenvalue weighted by Gasteiger charge is 2.19. The topological polar surface area (TPSA) is 63.8 Å². The zero-order chi connectivity index (χ0) is 11.5. The highest BCUT2D eigenvalue weighted by molar-refractivity contribution is 5.46. The SMILES string of the molecule is CCC(C)(CC)Nc1cc(N)nc(C)n1. The molecule has 1 aromatic rings. The fourth-order valence-corrected chi connectivity index (χ4v) is 1.39. The number of aromatic nitrogens is 2. The number of nitrogens with two attached hydrogens (primary N) is 1. The van der Waals surface area contributed by atoms with E-state index in [1.807, 2.05) is 6.92 Å². The lowest BCUT2D eigenvalue weighted by Crippen LogP contribution is -2.33. The summed E-state index contributed by atoms with van der Waals surface area (Å²) >= 11 is 0. The Morgan fingerprint density at radius 1 is 1.33 bits per heavy atom. The minimum absolute atomic E-state index is 0.0766. The second-order valence-corrected chi connectivity index (χ2v) is 4.12. The van der Waals surface area contributed by atoms with Crippen molar-refractivity contribution in [3.63, 3.8) is 0 Å². The van der Waals surface area contributed by atoms with Gasteiger partial charge in [0.15, 0.2) is 0 Å². The number of nitrogens with one attached hydrogen (secondary N) is 1. The normalized spacial score (nSPS) is 11.5. The molecule has 0 saturated carbocycles. The zero-order valence-electron chi connectivity index (χ0n) is 9.96. The van der Waals surface area contributed by atoms with Gasteiger partial charge in [0.25, 0.3) is 0 Å². The van der Waals surface area contributed by atoms with Gasteiger partial charge >= 0.3 is 0 Å². The first-order chi connectivity index (χ1) is 6.99. The Morgan fingerprint density at radius 3 is 2.40 bits per heavy atom. The molecule has 0 spiro atoms. The van der Waals surface area contributed by atoms with Gasteiger partial charge in [-0.1, -0.05) is 13.8 Å². The van der Waals surface area contributed by atoms with Crippen LogP contribution in [0, 0.1) is 6.92 Å². The Morgan fingerprint density at radius 2 is 1.93 bits per heavy atom. The Labute approximate surface area is 91.3 Å². The van der Waals surface area contributed by atoms with Crippen LogP contribution in [0.1, 0.15) is 39.4 Å². The van der Waals surface area contributed by atoms with Crippen LogP contribution in [0.4, 0.5) is 11.6 Å². The molecule has 0 unspecified atom stereocenters. The monoisotopic (exact) mass is 208 g/mol. The number of nitrogen functional groups attached to an aromatic ring is 1. The molecule has 4 nitrogen and oxygen atoms in total. The van der Waals surface area contributed by atoms with Crippen molar-refractivity contribution in [2.45, 2.75) is 46.1 Å². The predicted octanol–water partition coefficient (Wildman–Crippen LogP) is 2.36. The molecule has 3 N–H and O–H groups in total. The maximum Gasteiger partial charge on any atom is 0.132 e. The molecule has 0 atom stereocenters. The lowest BCUT2D eigenvalue weighted by atomic mass is 9.96. The molecule has 1 aromatic heterocycles. The Hall–Kier alpha value is -1.32. The average Bonchev–Trinajstić information content (AvgIpc) is 2.16. The summed E-state index contributed by atoms with van der Waals surface area (Å²) in [5.74, 6) is 2.03. The number of hydrogen-bond donors (Lipinski definition) is 2. The van der Waals surface area contributed by atoms with Gasteiger partial charge in [-0.25, -0.2) is 9.97 Å². The van der Waals surface area contributed by atoms with Gasteiger partial charge in [0, 0.05) is 11.6 Å². The van der Waals surface area contributed by atoms with E-state index < -0.39 is 0 Å². The minimum atomic E-state index is 0.0766. The third-order valence-corrected chi connectivity index (χ3v) is 2.85. The van der Waals surface area contributed by atoms with Gasteiger partial charge in [-0.15, -0.1) is 0 Å². The number of rotatable bonds is 4. The van der Waals surface area contributed by atoms with E-state index in [-0.39, 0.29) is 5.54 Å². The molecule has 0 aliphatic rings. The third-order valence-electron chi connectivity index (χ3n) is 2.85. The van der Waals surface area contributed by atoms with E-state index in [1.54, 1.807) is 6.07 Å². The van der Waals surface area contributed by atoms with Crippen LogP contribution >= 0.6 is 0 Å². The highest BCUT2D eigenvalue weighted by atomic mass is 15.1. The molecule has 1 rings (SSSR count). The van der Waals surface area contributed by atoms with Crippen LogP contribution in [0.5, 0.6) is 0 Å². The van der Waals surface area contributed by atoms with Crippen LogP contribution in [-0.4, -0.2) is 15.5 Å². The fraction of sp³-hybridized carbons (Fsp3) is 0.636. The van der Waals surface area contributed by atoms with Gasteiger partial charge < -0.3 is 11.1 Å². The van der Waals surface area contributed by atoms with Crippen molar-refractivity contribution < 1.29 is 0 Å². The van der Waals surface area contributed by atoms with E-state index in [0.717, 1.165) is 18.7 Å². The summed E-state index contributed by atoms with van der Waals surface area (Å²) in [6, 6.07) is 1.77. The van der Waals surface area contributed by atoms with E-state index in [4.69, 9.17) is 5.73 Å². The quantitative estimate of drug-likeness (QED) is 0.797. The number of aryl methyl sites for hydroxylation is 1. The van der Waals surface area contributed by atoms with Crippen LogP contribution < -0.4 is 11.1 Å². The summed E-state index contributed by atoms with van der Waals surface area (Å²) < 4.78 is 0. The van der Waals surface area contributed by atoms with Gasteiger partial charge in [-0.2, -0.15) is 0 Å². The molecule has 0 fully saturated rings. The fourth-order valence-electron chi connectivity index (χ4n) is 1.39. The van der Waals surface area contributed by atoms with Gasteiger partial charge in [0.1, 0.15) is 17.5 Å². The van der Waals surface area contributed by atoms with Crippen molar-refractivity contribution in [3.05, 3.63) is 11.9 Å². The van der Waals surface area contributed by atoms with Crippen LogP contribution in [0.2, 0.25) is 0 Å². The zero-order valence-corrected chi connectivity index (χ0v) is 9.96. The van der Waals surface area contributed by atoms with Gasteiger partial charge in [-0.05, 0) is 26.7 Å². The van der Waals surface area contributed by atoms with E-state index in [9.17, 15) is 0 Å². The van der Waals surface area contributed by atoms with Crippen molar-refractivity contribution in [2.24, 2.45) is 0 Å². The molecule has 0 saturated heterocycles. The van der Waals surface area contributed by atoms with Gasteiger partial charge in [-0.3, -0.25) is 0 Å². The second kappa shape index (κ2) is 4.47. The molecule has 0 radical (unpaired) electrons. The van der Waals surface area contributed by atoms with Crippen LogP contribution in [0.25, 0.3) is 0 Å². The number of anilines is 2. The molecule has 0 amide bonds. The summed E-state index contributed by atoms with van der Waals surface area (Å²) in [6.07, 6.45) is 2.10. The summed E-state index contributed by atoms with van der Waals surface area (Å²) in [4.78, 5) is 8.36.